The number of ketones is 1. The molecule has 0 radical (unpaired) electrons. The summed E-state index contributed by atoms with van der Waals surface area (Å²) in [7, 11) is 0. The average Bonchev–Trinajstić information content (AvgIpc) is 2.88. The molecule has 0 fully saturated rings. The fourth-order valence-electron chi connectivity index (χ4n) is 2.82. The van der Waals surface area contributed by atoms with Gasteiger partial charge in [0, 0.05) is 5.57 Å². The normalized spacial score (nSPS) is 16.0. The van der Waals surface area contributed by atoms with Crippen molar-refractivity contribution in [3.63, 3.8) is 0 Å². The van der Waals surface area contributed by atoms with E-state index < -0.39 is 0 Å². The molecule has 0 aromatic heterocycles. The summed E-state index contributed by atoms with van der Waals surface area (Å²) in [6.45, 7) is 0. The van der Waals surface area contributed by atoms with E-state index in [1.807, 2.05) is 48.5 Å². The number of hydrogen-bond donors (Lipinski definition) is 0. The molecule has 1 nitrogen and oxygen atoms in total. The van der Waals surface area contributed by atoms with Crippen LogP contribution in [0.4, 0.5) is 0 Å². The molecular formula is C19H12O. The fraction of sp³-hybridized carbons (Fsp3) is 0. The van der Waals surface area contributed by atoms with Crippen LogP contribution in [0.15, 0.2) is 72.3 Å². The molecule has 2 aromatic carbocycles. The van der Waals surface area contributed by atoms with Gasteiger partial charge in [-0.15, -0.1) is 0 Å². The lowest BCUT2D eigenvalue weighted by molar-refractivity contribution is -0.110. The van der Waals surface area contributed by atoms with Crippen LogP contribution in [-0.2, 0) is 4.79 Å². The number of carbonyl (C=O) groups is 1. The van der Waals surface area contributed by atoms with Crippen molar-refractivity contribution < 1.29 is 4.79 Å². The molecular weight excluding hydrogens is 244 g/mol. The highest BCUT2D eigenvalue weighted by Crippen LogP contribution is 2.40. The van der Waals surface area contributed by atoms with Gasteiger partial charge in [0.25, 0.3) is 0 Å². The Kier molecular flexibility index (Phi) is 2.33. The highest BCUT2D eigenvalue weighted by atomic mass is 16.1. The SMILES string of the molecule is O=C1C=C(c2ccccc2)C=C2C1=Cc1ccccc12. The number of fused-ring (bicyclic) bond motifs is 3. The summed E-state index contributed by atoms with van der Waals surface area (Å²) in [6, 6.07) is 18.2. The molecule has 2 aliphatic carbocycles. The third-order valence-electron chi connectivity index (χ3n) is 3.80. The summed E-state index contributed by atoms with van der Waals surface area (Å²) in [6.07, 6.45) is 5.84. The van der Waals surface area contributed by atoms with Crippen molar-refractivity contribution in [2.24, 2.45) is 0 Å². The number of hydrogen-bond acceptors (Lipinski definition) is 1. The van der Waals surface area contributed by atoms with Crippen molar-refractivity contribution in [2.75, 3.05) is 0 Å². The molecule has 0 saturated heterocycles. The van der Waals surface area contributed by atoms with E-state index in [0.717, 1.165) is 33.4 Å². The lowest BCUT2D eigenvalue weighted by Crippen LogP contribution is -2.04. The van der Waals surface area contributed by atoms with Gasteiger partial charge in [-0.3, -0.25) is 4.79 Å². The molecule has 0 spiro atoms. The van der Waals surface area contributed by atoms with Crippen molar-refractivity contribution in [2.45, 2.75) is 0 Å². The quantitative estimate of drug-likeness (QED) is 0.749. The molecule has 0 amide bonds. The van der Waals surface area contributed by atoms with Crippen molar-refractivity contribution in [3.8, 4) is 0 Å². The second kappa shape index (κ2) is 4.17. The monoisotopic (exact) mass is 256 g/mol. The first kappa shape index (κ1) is 11.2. The first-order valence-electron chi connectivity index (χ1n) is 6.67. The zero-order valence-corrected chi connectivity index (χ0v) is 10.8. The minimum absolute atomic E-state index is 0.0950. The number of rotatable bonds is 1. The average molecular weight is 256 g/mol. The van der Waals surface area contributed by atoms with Crippen LogP contribution in [0.1, 0.15) is 16.7 Å². The summed E-state index contributed by atoms with van der Waals surface area (Å²) >= 11 is 0. The molecule has 0 unspecified atom stereocenters. The molecule has 4 rings (SSSR count). The summed E-state index contributed by atoms with van der Waals surface area (Å²) in [5.74, 6) is 0.0950. The zero-order valence-electron chi connectivity index (χ0n) is 10.8. The number of allylic oxidation sites excluding steroid dienone is 5. The zero-order chi connectivity index (χ0) is 13.5. The van der Waals surface area contributed by atoms with Gasteiger partial charge in [-0.25, -0.2) is 0 Å². The first-order chi connectivity index (χ1) is 9.83. The highest BCUT2D eigenvalue weighted by Gasteiger charge is 2.26. The summed E-state index contributed by atoms with van der Waals surface area (Å²) in [4.78, 5) is 12.3. The summed E-state index contributed by atoms with van der Waals surface area (Å²) < 4.78 is 0. The van der Waals surface area contributed by atoms with Gasteiger partial charge in [0.1, 0.15) is 0 Å². The molecule has 0 aliphatic heterocycles. The molecule has 2 aromatic rings. The van der Waals surface area contributed by atoms with Gasteiger partial charge >= 0.3 is 0 Å². The van der Waals surface area contributed by atoms with Gasteiger partial charge in [-0.2, -0.15) is 0 Å². The standard InChI is InChI=1S/C19H12O/c20-19-12-15(13-6-2-1-3-7-13)11-17-16-9-5-4-8-14(16)10-18(17)19/h1-12H. The molecule has 1 heteroatoms. The number of carbonyl (C=O) groups excluding carboxylic acids is 1. The van der Waals surface area contributed by atoms with Crippen LogP contribution < -0.4 is 0 Å². The Bertz CT molecular complexity index is 805. The maximum Gasteiger partial charge on any atom is 0.187 e. The van der Waals surface area contributed by atoms with E-state index in [2.05, 4.69) is 18.2 Å². The van der Waals surface area contributed by atoms with Gasteiger partial charge < -0.3 is 0 Å². The predicted octanol–water partition coefficient (Wildman–Crippen LogP) is 4.13. The predicted molar refractivity (Wildman–Crippen MR) is 81.8 cm³/mol. The Morgan fingerprint density at radius 2 is 1.40 bits per heavy atom. The maximum atomic E-state index is 12.3. The smallest absolute Gasteiger partial charge is 0.187 e. The summed E-state index contributed by atoms with van der Waals surface area (Å²) in [5.41, 5.74) is 6.20. The largest absolute Gasteiger partial charge is 0.289 e. The minimum Gasteiger partial charge on any atom is -0.289 e. The van der Waals surface area contributed by atoms with Crippen LogP contribution >= 0.6 is 0 Å². The summed E-state index contributed by atoms with van der Waals surface area (Å²) in [5, 5.41) is 0. The van der Waals surface area contributed by atoms with E-state index in [0.29, 0.717) is 0 Å². The molecule has 0 N–H and O–H groups in total. The molecule has 0 atom stereocenters. The van der Waals surface area contributed by atoms with Crippen molar-refractivity contribution >= 4 is 23.0 Å². The van der Waals surface area contributed by atoms with Crippen molar-refractivity contribution in [3.05, 3.63) is 89.0 Å². The van der Waals surface area contributed by atoms with E-state index in [-0.39, 0.29) is 5.78 Å². The van der Waals surface area contributed by atoms with E-state index in [1.165, 1.54) is 0 Å². The Labute approximate surface area is 117 Å². The van der Waals surface area contributed by atoms with Crippen LogP contribution in [0.5, 0.6) is 0 Å². The van der Waals surface area contributed by atoms with Crippen molar-refractivity contribution in [1.29, 1.82) is 0 Å². The lowest BCUT2D eigenvalue weighted by atomic mass is 9.89. The molecule has 0 bridgehead atoms. The van der Waals surface area contributed by atoms with Gasteiger partial charge in [0.15, 0.2) is 5.78 Å². The minimum atomic E-state index is 0.0950. The van der Waals surface area contributed by atoms with E-state index in [1.54, 1.807) is 6.08 Å². The van der Waals surface area contributed by atoms with Gasteiger partial charge in [0.05, 0.1) is 0 Å². The Hall–Kier alpha value is -2.67. The van der Waals surface area contributed by atoms with Gasteiger partial charge in [0.2, 0.25) is 0 Å². The third-order valence-corrected chi connectivity index (χ3v) is 3.80. The first-order valence-corrected chi connectivity index (χ1v) is 6.67. The molecule has 0 saturated carbocycles. The molecule has 94 valence electrons. The molecule has 0 heterocycles. The lowest BCUT2D eigenvalue weighted by Gasteiger charge is -2.13. The topological polar surface area (TPSA) is 17.1 Å². The Morgan fingerprint density at radius 1 is 0.650 bits per heavy atom. The second-order valence-corrected chi connectivity index (χ2v) is 5.03. The Balaban J connectivity index is 1.89. The third kappa shape index (κ3) is 1.60. The molecule has 20 heavy (non-hydrogen) atoms. The highest BCUT2D eigenvalue weighted by molar-refractivity contribution is 6.27. The van der Waals surface area contributed by atoms with E-state index in [4.69, 9.17) is 0 Å². The van der Waals surface area contributed by atoms with Gasteiger partial charge in [-0.05, 0) is 46.1 Å². The Morgan fingerprint density at radius 3 is 2.25 bits per heavy atom. The van der Waals surface area contributed by atoms with Crippen molar-refractivity contribution in [1.82, 2.24) is 0 Å². The van der Waals surface area contributed by atoms with E-state index >= 15 is 0 Å². The second-order valence-electron chi connectivity index (χ2n) is 5.03. The molecule has 2 aliphatic rings. The van der Waals surface area contributed by atoms with E-state index in [9.17, 15) is 4.79 Å². The fourth-order valence-corrected chi connectivity index (χ4v) is 2.82. The van der Waals surface area contributed by atoms with Crippen LogP contribution in [0.25, 0.3) is 17.2 Å². The van der Waals surface area contributed by atoms with Gasteiger partial charge in [-0.1, -0.05) is 54.6 Å². The van der Waals surface area contributed by atoms with Crippen LogP contribution in [0.2, 0.25) is 0 Å². The number of benzene rings is 2. The van der Waals surface area contributed by atoms with Crippen LogP contribution in [0.3, 0.4) is 0 Å². The van der Waals surface area contributed by atoms with Crippen LogP contribution in [0, 0.1) is 0 Å². The maximum absolute atomic E-state index is 12.3. The van der Waals surface area contributed by atoms with Crippen LogP contribution in [-0.4, -0.2) is 5.78 Å².